The van der Waals surface area contributed by atoms with Gasteiger partial charge in [0.1, 0.15) is 12.4 Å². The summed E-state index contributed by atoms with van der Waals surface area (Å²) in [6.45, 7) is 1.83. The van der Waals surface area contributed by atoms with Gasteiger partial charge in [-0.25, -0.2) is 4.79 Å². The summed E-state index contributed by atoms with van der Waals surface area (Å²) < 4.78 is 5.53. The summed E-state index contributed by atoms with van der Waals surface area (Å²) in [6, 6.07) is 18.5. The number of halogens is 3. The summed E-state index contributed by atoms with van der Waals surface area (Å²) in [5.74, 6) is -1.09. The van der Waals surface area contributed by atoms with E-state index in [1.165, 1.54) is 4.90 Å². The van der Waals surface area contributed by atoms with E-state index in [4.69, 9.17) is 44.6 Å². The minimum Gasteiger partial charge on any atom is -0.493 e. The molecule has 0 bridgehead atoms. The first kappa shape index (κ1) is 24.7. The molecule has 33 heavy (non-hydrogen) atoms. The molecule has 2 amide bonds. The zero-order chi connectivity index (χ0) is 24.0. The fourth-order valence-corrected chi connectivity index (χ4v) is 3.43. The van der Waals surface area contributed by atoms with Crippen molar-refractivity contribution in [3.05, 3.63) is 87.4 Å². The Bertz CT molecular complexity index is 1140. The number of carbonyl (C=O) groups is 2. The molecule has 3 rings (SSSR count). The molecule has 9 heteroatoms. The molecule has 1 unspecified atom stereocenters. The number of benzene rings is 3. The second kappa shape index (κ2) is 11.3. The van der Waals surface area contributed by atoms with E-state index in [0.29, 0.717) is 32.2 Å². The van der Waals surface area contributed by atoms with Crippen molar-refractivity contribution in [1.82, 2.24) is 5.32 Å². The van der Waals surface area contributed by atoms with E-state index in [-0.39, 0.29) is 13.2 Å². The van der Waals surface area contributed by atoms with E-state index in [1.54, 1.807) is 73.7 Å². The van der Waals surface area contributed by atoms with Crippen molar-refractivity contribution in [3.8, 4) is 5.75 Å². The van der Waals surface area contributed by atoms with Crippen LogP contribution < -0.4 is 15.0 Å². The fraction of sp³-hybridized carbons (Fsp3) is 0.167. The molecule has 1 atom stereocenters. The first-order chi connectivity index (χ1) is 15.8. The second-order valence-corrected chi connectivity index (χ2v) is 8.46. The van der Waals surface area contributed by atoms with Gasteiger partial charge in [-0.3, -0.25) is 9.69 Å². The predicted molar refractivity (Wildman–Crippen MR) is 131 cm³/mol. The number of carboxylic acid groups (broad SMARTS) is 1. The largest absolute Gasteiger partial charge is 0.493 e. The summed E-state index contributed by atoms with van der Waals surface area (Å²) >= 11 is 18.4. The van der Waals surface area contributed by atoms with Gasteiger partial charge in [-0.1, -0.05) is 53.0 Å². The summed E-state index contributed by atoms with van der Waals surface area (Å²) in [4.78, 5) is 25.6. The number of para-hydroxylation sites is 1. The highest BCUT2D eigenvalue weighted by Crippen LogP contribution is 2.33. The summed E-state index contributed by atoms with van der Waals surface area (Å²) in [6.07, 6.45) is 0. The third kappa shape index (κ3) is 6.54. The monoisotopic (exact) mass is 506 g/mol. The van der Waals surface area contributed by atoms with E-state index in [1.807, 2.05) is 0 Å². The Morgan fingerprint density at radius 1 is 0.970 bits per heavy atom. The molecule has 6 nitrogen and oxygen atoms in total. The second-order valence-electron chi connectivity index (χ2n) is 7.24. The van der Waals surface area contributed by atoms with Crippen LogP contribution in [0.2, 0.25) is 15.1 Å². The van der Waals surface area contributed by atoms with Gasteiger partial charge in [0.2, 0.25) is 0 Å². The lowest BCUT2D eigenvalue weighted by Crippen LogP contribution is -2.36. The molecule has 0 radical (unpaired) electrons. The van der Waals surface area contributed by atoms with Gasteiger partial charge < -0.3 is 15.2 Å². The molecule has 0 aliphatic heterocycles. The Morgan fingerprint density at radius 2 is 1.67 bits per heavy atom. The quantitative estimate of drug-likeness (QED) is 0.352. The van der Waals surface area contributed by atoms with E-state index < -0.39 is 17.9 Å². The third-order valence-corrected chi connectivity index (χ3v) is 5.80. The number of nitrogens with zero attached hydrogens (tertiary/aromatic N) is 1. The smallest absolute Gasteiger partial charge is 0.326 e. The maximum absolute atomic E-state index is 13.2. The topological polar surface area (TPSA) is 78.9 Å². The molecule has 0 aliphatic rings. The molecule has 0 saturated heterocycles. The van der Waals surface area contributed by atoms with Crippen LogP contribution in [0.1, 0.15) is 12.5 Å². The number of hydrogen-bond acceptors (Lipinski definition) is 3. The Hall–Kier alpha value is -2.93. The van der Waals surface area contributed by atoms with E-state index in [9.17, 15) is 9.59 Å². The number of urea groups is 1. The van der Waals surface area contributed by atoms with Crippen LogP contribution in [0.3, 0.4) is 0 Å². The van der Waals surface area contributed by atoms with Crippen molar-refractivity contribution in [2.24, 2.45) is 5.92 Å². The molecule has 172 valence electrons. The maximum Gasteiger partial charge on any atom is 0.326 e. The van der Waals surface area contributed by atoms with Crippen molar-refractivity contribution in [3.63, 3.8) is 0 Å². The number of amides is 2. The van der Waals surface area contributed by atoms with Crippen LogP contribution in [0.4, 0.5) is 16.2 Å². The van der Waals surface area contributed by atoms with Crippen molar-refractivity contribution in [2.45, 2.75) is 13.5 Å². The molecular weight excluding hydrogens is 487 g/mol. The van der Waals surface area contributed by atoms with Gasteiger partial charge in [-0.15, -0.1) is 0 Å². The van der Waals surface area contributed by atoms with Gasteiger partial charge in [0, 0.05) is 6.54 Å². The number of carbonyl (C=O) groups excluding carboxylic acids is 1. The fourth-order valence-electron chi connectivity index (χ4n) is 2.89. The lowest BCUT2D eigenvalue weighted by molar-refractivity contribution is -0.142. The molecule has 3 aromatic rings. The average Bonchev–Trinajstić information content (AvgIpc) is 2.80. The molecule has 0 aliphatic carbocycles. The first-order valence-corrected chi connectivity index (χ1v) is 11.1. The Morgan fingerprint density at radius 3 is 2.30 bits per heavy atom. The standard InChI is InChI=1S/C24H21Cl3N2O4/c1-15(23(30)31)14-33-18-9-7-17(8-10-18)29(22-5-3-2-4-20(22)26)24(32)28-13-16-6-11-19(25)21(27)12-16/h2-12,15H,13-14H2,1H3,(H,28,32)(H,30,31). The third-order valence-electron chi connectivity index (χ3n) is 4.74. The van der Waals surface area contributed by atoms with Gasteiger partial charge in [0.15, 0.2) is 0 Å². The minimum absolute atomic E-state index is 0.0348. The normalized spacial score (nSPS) is 11.5. The first-order valence-electron chi connectivity index (χ1n) is 9.98. The molecule has 0 fully saturated rings. The van der Waals surface area contributed by atoms with Gasteiger partial charge in [-0.2, -0.15) is 0 Å². The number of nitrogens with one attached hydrogen (secondary N) is 1. The zero-order valence-electron chi connectivity index (χ0n) is 17.6. The summed E-state index contributed by atoms with van der Waals surface area (Å²) in [7, 11) is 0. The average molecular weight is 508 g/mol. The molecule has 0 heterocycles. The molecule has 2 N–H and O–H groups in total. The van der Waals surface area contributed by atoms with Crippen LogP contribution in [-0.4, -0.2) is 23.7 Å². The molecular formula is C24H21Cl3N2O4. The number of rotatable bonds is 8. The SMILES string of the molecule is CC(COc1ccc(N(C(=O)NCc2ccc(Cl)c(Cl)c2)c2ccccc2Cl)cc1)C(=O)O. The summed E-state index contributed by atoms with van der Waals surface area (Å²) in [5.41, 5.74) is 1.83. The van der Waals surface area contributed by atoms with Crippen molar-refractivity contribution < 1.29 is 19.4 Å². The Labute approximate surface area is 206 Å². The molecule has 0 aromatic heterocycles. The van der Waals surface area contributed by atoms with E-state index in [0.717, 1.165) is 5.56 Å². The van der Waals surface area contributed by atoms with Gasteiger partial charge >= 0.3 is 12.0 Å². The van der Waals surface area contributed by atoms with Crippen molar-refractivity contribution >= 4 is 58.2 Å². The maximum atomic E-state index is 13.2. The summed E-state index contributed by atoms with van der Waals surface area (Å²) in [5, 5.41) is 13.1. The van der Waals surface area contributed by atoms with Crippen LogP contribution in [0.25, 0.3) is 0 Å². The van der Waals surface area contributed by atoms with Crippen LogP contribution >= 0.6 is 34.8 Å². The van der Waals surface area contributed by atoms with Crippen molar-refractivity contribution in [2.75, 3.05) is 11.5 Å². The Kier molecular flexibility index (Phi) is 8.44. The number of ether oxygens (including phenoxy) is 1. The van der Waals surface area contributed by atoms with Crippen LogP contribution in [0.5, 0.6) is 5.75 Å². The minimum atomic E-state index is -0.935. The lowest BCUT2D eigenvalue weighted by atomic mass is 10.2. The predicted octanol–water partition coefficient (Wildman–Crippen LogP) is 6.79. The highest BCUT2D eigenvalue weighted by atomic mass is 35.5. The van der Waals surface area contributed by atoms with Gasteiger partial charge in [0.25, 0.3) is 0 Å². The Balaban J connectivity index is 1.81. The van der Waals surface area contributed by atoms with Crippen LogP contribution in [-0.2, 0) is 11.3 Å². The number of carboxylic acids is 1. The highest BCUT2D eigenvalue weighted by molar-refractivity contribution is 6.42. The van der Waals surface area contributed by atoms with E-state index >= 15 is 0 Å². The van der Waals surface area contributed by atoms with Crippen LogP contribution in [0.15, 0.2) is 66.7 Å². The van der Waals surface area contributed by atoms with Crippen molar-refractivity contribution in [1.29, 1.82) is 0 Å². The molecule has 0 saturated carbocycles. The number of aliphatic carboxylic acids is 1. The van der Waals surface area contributed by atoms with E-state index in [2.05, 4.69) is 5.32 Å². The van der Waals surface area contributed by atoms with Gasteiger partial charge in [0.05, 0.1) is 32.4 Å². The zero-order valence-corrected chi connectivity index (χ0v) is 19.9. The number of anilines is 2. The lowest BCUT2D eigenvalue weighted by Gasteiger charge is -2.24. The number of hydrogen-bond donors (Lipinski definition) is 2. The van der Waals surface area contributed by atoms with Crippen LogP contribution in [0, 0.1) is 5.92 Å². The molecule has 3 aromatic carbocycles. The highest BCUT2D eigenvalue weighted by Gasteiger charge is 2.20. The molecule has 0 spiro atoms. The van der Waals surface area contributed by atoms with Gasteiger partial charge in [-0.05, 0) is 61.0 Å².